The zero-order valence-electron chi connectivity index (χ0n) is 12.6. The normalized spacial score (nSPS) is 26.4. The van der Waals surface area contributed by atoms with Crippen LogP contribution in [0.2, 0.25) is 5.21 Å². The summed E-state index contributed by atoms with van der Waals surface area (Å²) in [5.41, 5.74) is 0.664. The Hall–Kier alpha value is 0.130. The van der Waals surface area contributed by atoms with Gasteiger partial charge in [0, 0.05) is 0 Å². The Kier molecular flexibility index (Phi) is 3.96. The topological polar surface area (TPSA) is 0 Å². The predicted molar refractivity (Wildman–Crippen MR) is 81.1 cm³/mol. The van der Waals surface area contributed by atoms with Crippen LogP contribution < -0.4 is 0 Å². The monoisotopic (exact) mass is 242 g/mol. The second-order valence-corrected chi connectivity index (χ2v) is 8.02. The van der Waals surface area contributed by atoms with E-state index in [-0.39, 0.29) is 5.41 Å². The Bertz CT molecular complexity index is 272. The largest absolute Gasteiger partial charge is 0.0916 e. The highest BCUT2D eigenvalue weighted by Crippen LogP contribution is 2.56. The van der Waals surface area contributed by atoms with E-state index in [9.17, 15) is 0 Å². The van der Waals surface area contributed by atoms with Gasteiger partial charge in [0.15, 0.2) is 0 Å². The Morgan fingerprint density at radius 1 is 0.833 bits per heavy atom. The summed E-state index contributed by atoms with van der Waals surface area (Å²) in [7, 11) is 12.9. The standard InChI is InChI=1S/C16H28B2/c1-14(2,3)16(17,18)13-7-11-15(12-8-13)9-5-4-6-10-15/h13H,4-12H2,1-3H3. The maximum Gasteiger partial charge on any atom is 0.0631 e. The summed E-state index contributed by atoms with van der Waals surface area (Å²) in [6.07, 6.45) is 12.5. The molecule has 0 heterocycles. The zero-order valence-corrected chi connectivity index (χ0v) is 12.6. The molecule has 2 aliphatic rings. The Labute approximate surface area is 117 Å². The molecule has 0 aromatic carbocycles. The molecule has 18 heavy (non-hydrogen) atoms. The Morgan fingerprint density at radius 3 is 1.78 bits per heavy atom. The van der Waals surface area contributed by atoms with Crippen molar-refractivity contribution < 1.29 is 0 Å². The van der Waals surface area contributed by atoms with Crippen molar-refractivity contribution in [2.24, 2.45) is 16.7 Å². The van der Waals surface area contributed by atoms with Crippen molar-refractivity contribution in [3.63, 3.8) is 0 Å². The van der Waals surface area contributed by atoms with Crippen LogP contribution in [0, 0.1) is 16.7 Å². The van der Waals surface area contributed by atoms with Crippen molar-refractivity contribution in [3.8, 4) is 0 Å². The van der Waals surface area contributed by atoms with E-state index in [1.807, 2.05) is 0 Å². The summed E-state index contributed by atoms with van der Waals surface area (Å²) >= 11 is 0. The van der Waals surface area contributed by atoms with Crippen molar-refractivity contribution in [2.45, 2.75) is 83.8 Å². The molecular formula is C16H28B2. The lowest BCUT2D eigenvalue weighted by Crippen LogP contribution is -2.41. The van der Waals surface area contributed by atoms with Crippen LogP contribution in [0.25, 0.3) is 0 Å². The molecule has 4 radical (unpaired) electrons. The molecule has 0 aliphatic heterocycles. The zero-order chi connectivity index (χ0) is 13.4. The maximum atomic E-state index is 6.46. The van der Waals surface area contributed by atoms with Gasteiger partial charge in [0.1, 0.15) is 0 Å². The fourth-order valence-corrected chi connectivity index (χ4v) is 4.12. The van der Waals surface area contributed by atoms with Gasteiger partial charge in [-0.2, -0.15) is 0 Å². The van der Waals surface area contributed by atoms with Gasteiger partial charge in [-0.05, 0) is 36.5 Å². The molecule has 2 heteroatoms. The Balaban J connectivity index is 1.98. The number of rotatable bonds is 1. The summed E-state index contributed by atoms with van der Waals surface area (Å²) < 4.78 is 0. The smallest absolute Gasteiger partial charge is 0.0631 e. The molecule has 0 atom stereocenters. The van der Waals surface area contributed by atoms with Gasteiger partial charge in [-0.25, -0.2) is 0 Å². The van der Waals surface area contributed by atoms with Gasteiger partial charge in [0.2, 0.25) is 0 Å². The molecule has 0 aromatic rings. The third-order valence-corrected chi connectivity index (χ3v) is 5.94. The van der Waals surface area contributed by atoms with Crippen LogP contribution in [0.15, 0.2) is 0 Å². The van der Waals surface area contributed by atoms with Crippen molar-refractivity contribution in [1.82, 2.24) is 0 Å². The lowest BCUT2D eigenvalue weighted by molar-refractivity contribution is 0.0756. The van der Waals surface area contributed by atoms with Crippen LogP contribution in [0.5, 0.6) is 0 Å². The summed E-state index contributed by atoms with van der Waals surface area (Å²) in [6, 6.07) is 0. The van der Waals surface area contributed by atoms with Gasteiger partial charge in [0.05, 0.1) is 15.7 Å². The van der Waals surface area contributed by atoms with Gasteiger partial charge in [0.25, 0.3) is 0 Å². The Morgan fingerprint density at radius 2 is 1.33 bits per heavy atom. The predicted octanol–water partition coefficient (Wildman–Crippen LogP) is 4.63. The second kappa shape index (κ2) is 4.91. The van der Waals surface area contributed by atoms with Crippen LogP contribution in [0.4, 0.5) is 0 Å². The van der Waals surface area contributed by atoms with E-state index in [2.05, 4.69) is 20.8 Å². The summed E-state index contributed by atoms with van der Waals surface area (Å²) in [5, 5.41) is -0.511. The van der Waals surface area contributed by atoms with E-state index in [1.54, 1.807) is 0 Å². The molecule has 1 spiro atoms. The molecule has 98 valence electrons. The van der Waals surface area contributed by atoms with Crippen LogP contribution in [0.1, 0.15) is 78.6 Å². The maximum absolute atomic E-state index is 6.46. The number of hydrogen-bond donors (Lipinski definition) is 0. The van der Waals surface area contributed by atoms with Crippen molar-refractivity contribution in [1.29, 1.82) is 0 Å². The third kappa shape index (κ3) is 2.68. The fourth-order valence-electron chi connectivity index (χ4n) is 4.12. The third-order valence-electron chi connectivity index (χ3n) is 5.94. The van der Waals surface area contributed by atoms with Crippen LogP contribution in [-0.4, -0.2) is 15.7 Å². The summed E-state index contributed by atoms with van der Waals surface area (Å²) in [6.45, 7) is 6.54. The summed E-state index contributed by atoms with van der Waals surface area (Å²) in [4.78, 5) is 0. The highest BCUT2D eigenvalue weighted by molar-refractivity contribution is 6.40. The van der Waals surface area contributed by atoms with E-state index >= 15 is 0 Å². The molecule has 2 rings (SSSR count). The van der Waals surface area contributed by atoms with E-state index in [0.717, 1.165) is 0 Å². The molecule has 2 fully saturated rings. The molecule has 0 saturated heterocycles. The molecular weight excluding hydrogens is 214 g/mol. The first-order valence-electron chi connectivity index (χ1n) is 7.85. The molecule has 0 amide bonds. The average Bonchev–Trinajstić information content (AvgIpc) is 2.29. The van der Waals surface area contributed by atoms with E-state index in [4.69, 9.17) is 15.7 Å². The molecule has 0 nitrogen and oxygen atoms in total. The van der Waals surface area contributed by atoms with Crippen LogP contribution >= 0.6 is 0 Å². The van der Waals surface area contributed by atoms with Crippen molar-refractivity contribution in [2.75, 3.05) is 0 Å². The number of hydrogen-bond acceptors (Lipinski definition) is 0. The first-order chi connectivity index (χ1) is 8.27. The quantitative estimate of drug-likeness (QED) is 0.588. The molecule has 2 aliphatic carbocycles. The molecule has 0 aromatic heterocycles. The SMILES string of the molecule is [B]C([B])(C1CCC2(CCCCC2)CC1)C(C)(C)C. The van der Waals surface area contributed by atoms with Crippen LogP contribution in [0.3, 0.4) is 0 Å². The average molecular weight is 242 g/mol. The van der Waals surface area contributed by atoms with Gasteiger partial charge in [-0.3, -0.25) is 0 Å². The van der Waals surface area contributed by atoms with Crippen LogP contribution in [-0.2, 0) is 0 Å². The highest BCUT2D eigenvalue weighted by atomic mass is 14.5. The molecule has 0 unspecified atom stereocenters. The van der Waals surface area contributed by atoms with E-state index < -0.39 is 5.21 Å². The molecule has 2 saturated carbocycles. The van der Waals surface area contributed by atoms with Gasteiger partial charge in [-0.15, -0.1) is 0 Å². The van der Waals surface area contributed by atoms with Gasteiger partial charge < -0.3 is 0 Å². The molecule has 0 bridgehead atoms. The lowest BCUT2D eigenvalue weighted by atomic mass is 9.36. The lowest BCUT2D eigenvalue weighted by Gasteiger charge is -2.52. The second-order valence-electron chi connectivity index (χ2n) is 8.02. The van der Waals surface area contributed by atoms with E-state index in [1.165, 1.54) is 57.8 Å². The fraction of sp³-hybridized carbons (Fsp3) is 1.00. The van der Waals surface area contributed by atoms with Crippen molar-refractivity contribution >= 4 is 15.7 Å². The van der Waals surface area contributed by atoms with E-state index in [0.29, 0.717) is 11.3 Å². The highest BCUT2D eigenvalue weighted by Gasteiger charge is 2.44. The van der Waals surface area contributed by atoms with Gasteiger partial charge in [-0.1, -0.05) is 64.0 Å². The minimum absolute atomic E-state index is 0.00522. The first kappa shape index (κ1) is 14.5. The van der Waals surface area contributed by atoms with Crippen molar-refractivity contribution in [3.05, 3.63) is 0 Å². The minimum Gasteiger partial charge on any atom is -0.0916 e. The molecule has 0 N–H and O–H groups in total. The first-order valence-corrected chi connectivity index (χ1v) is 7.85. The minimum atomic E-state index is -0.511. The van der Waals surface area contributed by atoms with Gasteiger partial charge >= 0.3 is 0 Å². The summed E-state index contributed by atoms with van der Waals surface area (Å²) in [5.74, 6) is 0.505.